The van der Waals surface area contributed by atoms with Crippen LogP contribution in [0.3, 0.4) is 0 Å². The Kier molecular flexibility index (Phi) is 14.8. The molecule has 0 bridgehead atoms. The fourth-order valence-corrected chi connectivity index (χ4v) is 7.08. The molecule has 0 spiro atoms. The maximum Gasteiger partial charge on any atom is 0.253 e. The summed E-state index contributed by atoms with van der Waals surface area (Å²) in [6.07, 6.45) is 8.82. The summed E-state index contributed by atoms with van der Waals surface area (Å²) in [4.78, 5) is 62.1. The Hall–Kier alpha value is -3.39. The van der Waals surface area contributed by atoms with Crippen molar-refractivity contribution in [3.63, 3.8) is 0 Å². The van der Waals surface area contributed by atoms with Crippen molar-refractivity contribution < 1.29 is 42.9 Å². The van der Waals surface area contributed by atoms with Gasteiger partial charge in [-0.1, -0.05) is 33.9 Å². The van der Waals surface area contributed by atoms with E-state index in [2.05, 4.69) is 36.0 Å². The van der Waals surface area contributed by atoms with Crippen molar-refractivity contribution in [2.24, 2.45) is 11.8 Å². The fourth-order valence-electron chi connectivity index (χ4n) is 7.08. The summed E-state index contributed by atoms with van der Waals surface area (Å²) in [5.41, 5.74) is 2.30. The first kappa shape index (κ1) is 39.4. The normalized spacial score (nSPS) is 28.8. The molecule has 13 nitrogen and oxygen atoms in total. The summed E-state index contributed by atoms with van der Waals surface area (Å²) < 4.78 is 24.6. The molecule has 3 fully saturated rings. The Bertz CT molecular complexity index is 1280. The molecule has 0 aromatic rings. The van der Waals surface area contributed by atoms with Crippen LogP contribution in [0.2, 0.25) is 0 Å². The summed E-state index contributed by atoms with van der Waals surface area (Å²) in [7, 11) is 1.70. The van der Waals surface area contributed by atoms with E-state index >= 15 is 0 Å². The van der Waals surface area contributed by atoms with E-state index in [1.54, 1.807) is 21.0 Å². The first-order chi connectivity index (χ1) is 23.9. The second-order valence-corrected chi connectivity index (χ2v) is 14.3. The van der Waals surface area contributed by atoms with E-state index in [0.717, 1.165) is 67.8 Å². The number of carbonyl (C=O) groups is 5. The smallest absolute Gasteiger partial charge is 0.253 e. The molecule has 50 heavy (non-hydrogen) atoms. The molecular formula is C37H56N4O9. The van der Waals surface area contributed by atoms with Gasteiger partial charge in [0.15, 0.2) is 0 Å². The Balaban J connectivity index is 1.13. The topological polar surface area (TPSA) is 162 Å². The highest BCUT2D eigenvalue weighted by molar-refractivity contribution is 6.13. The third-order valence-corrected chi connectivity index (χ3v) is 10.2. The molecule has 0 aliphatic carbocycles. The number of carbonyl (C=O) groups excluding carboxylic acids is 5. The van der Waals surface area contributed by atoms with Crippen LogP contribution in [-0.2, 0) is 42.9 Å². The van der Waals surface area contributed by atoms with E-state index in [9.17, 15) is 24.0 Å². The van der Waals surface area contributed by atoms with Crippen molar-refractivity contribution >= 4 is 29.5 Å². The molecule has 0 radical (unpaired) electrons. The van der Waals surface area contributed by atoms with Crippen molar-refractivity contribution in [3.8, 4) is 0 Å². The Morgan fingerprint density at radius 1 is 0.980 bits per heavy atom. The maximum absolute atomic E-state index is 12.8. The monoisotopic (exact) mass is 700 g/mol. The molecule has 5 amide bonds. The molecule has 4 rings (SSSR count). The van der Waals surface area contributed by atoms with Gasteiger partial charge in [-0.05, 0) is 61.5 Å². The molecule has 8 atom stereocenters. The zero-order valence-corrected chi connectivity index (χ0v) is 30.1. The lowest BCUT2D eigenvalue weighted by molar-refractivity contribution is -0.137. The standard InChI is InChI=1S/C37H56N4O9/c1-22(2)36(40-32(42)13-16-41-34(44)11-12-35(41)45)37(46)39-21-33(43)38-15-7-8-29-31(47-6)20-27(50-29)19-30-25(5)24(4)18-26(49-30)9-10-28-23(3)14-17-48-28/h11-12,22,24,26-31,36H,3,5,7-10,13-21H2,1-2,4,6H3,(H,38,43)(H,39,46)(H,40,42). The second-order valence-electron chi connectivity index (χ2n) is 14.3. The van der Waals surface area contributed by atoms with E-state index in [1.807, 2.05) is 0 Å². The van der Waals surface area contributed by atoms with Gasteiger partial charge in [0, 0.05) is 51.6 Å². The molecule has 8 unspecified atom stereocenters. The van der Waals surface area contributed by atoms with Crippen LogP contribution in [0.5, 0.6) is 0 Å². The average Bonchev–Trinajstić information content (AvgIpc) is 3.77. The zero-order chi connectivity index (χ0) is 36.4. The van der Waals surface area contributed by atoms with Crippen molar-refractivity contribution in [1.82, 2.24) is 20.9 Å². The van der Waals surface area contributed by atoms with Crippen molar-refractivity contribution in [2.45, 2.75) is 121 Å². The quantitative estimate of drug-likeness (QED) is 0.111. The maximum atomic E-state index is 12.8. The van der Waals surface area contributed by atoms with Crippen LogP contribution < -0.4 is 16.0 Å². The van der Waals surface area contributed by atoms with Crippen molar-refractivity contribution in [2.75, 3.05) is 33.4 Å². The minimum atomic E-state index is -0.880. The lowest BCUT2D eigenvalue weighted by Gasteiger charge is -2.37. The number of hydrogen-bond acceptors (Lipinski definition) is 9. The van der Waals surface area contributed by atoms with Crippen LogP contribution in [0.15, 0.2) is 36.5 Å². The second kappa shape index (κ2) is 18.7. The third-order valence-electron chi connectivity index (χ3n) is 10.2. The summed E-state index contributed by atoms with van der Waals surface area (Å²) >= 11 is 0. The number of hydrogen-bond donors (Lipinski definition) is 3. The first-order valence-corrected chi connectivity index (χ1v) is 18.0. The SMILES string of the molecule is C=C1CCOC1CCC1CC(C)C(=C)C(CC2CC(OC)C(CCCNC(=O)CNC(=O)C(NC(=O)CCN3C(=O)C=CC3=O)C(C)C)O2)O1. The molecule has 4 heterocycles. The van der Waals surface area contributed by atoms with Gasteiger partial charge in [-0.15, -0.1) is 0 Å². The molecule has 4 aliphatic heterocycles. The molecule has 0 aromatic carbocycles. The summed E-state index contributed by atoms with van der Waals surface area (Å²) in [6.45, 7) is 15.1. The van der Waals surface area contributed by atoms with E-state index in [1.165, 1.54) is 5.57 Å². The molecular weight excluding hydrogens is 644 g/mol. The molecule has 3 saturated heterocycles. The highest BCUT2D eigenvalue weighted by atomic mass is 16.6. The summed E-state index contributed by atoms with van der Waals surface area (Å²) in [5.74, 6) is -2.15. The highest BCUT2D eigenvalue weighted by Crippen LogP contribution is 2.37. The van der Waals surface area contributed by atoms with Crippen molar-refractivity contribution in [1.29, 1.82) is 0 Å². The molecule has 0 saturated carbocycles. The van der Waals surface area contributed by atoms with Gasteiger partial charge in [0.05, 0.1) is 49.8 Å². The van der Waals surface area contributed by atoms with Gasteiger partial charge in [-0.25, -0.2) is 0 Å². The minimum absolute atomic E-state index is 0.0167. The number of nitrogens with zero attached hydrogens (tertiary/aromatic N) is 1. The lowest BCUT2D eigenvalue weighted by atomic mass is 9.85. The van der Waals surface area contributed by atoms with Gasteiger partial charge in [0.2, 0.25) is 17.7 Å². The Morgan fingerprint density at radius 2 is 1.72 bits per heavy atom. The number of methoxy groups -OCH3 is 1. The van der Waals surface area contributed by atoms with Crippen molar-refractivity contribution in [3.05, 3.63) is 36.5 Å². The van der Waals surface area contributed by atoms with Gasteiger partial charge in [0.25, 0.3) is 11.8 Å². The molecule has 4 aliphatic rings. The van der Waals surface area contributed by atoms with Crippen LogP contribution in [-0.4, -0.2) is 110 Å². The fraction of sp³-hybridized carbons (Fsp3) is 0.703. The zero-order valence-electron chi connectivity index (χ0n) is 30.1. The molecule has 278 valence electrons. The number of amides is 5. The summed E-state index contributed by atoms with van der Waals surface area (Å²) in [5, 5.41) is 8.06. The van der Waals surface area contributed by atoms with Crippen LogP contribution in [0.25, 0.3) is 0 Å². The number of nitrogens with one attached hydrogen (secondary N) is 3. The predicted molar refractivity (Wildman–Crippen MR) is 186 cm³/mol. The molecule has 13 heteroatoms. The van der Waals surface area contributed by atoms with Crippen LogP contribution in [0, 0.1) is 11.8 Å². The highest BCUT2D eigenvalue weighted by Gasteiger charge is 2.39. The van der Waals surface area contributed by atoms with E-state index < -0.39 is 29.7 Å². The predicted octanol–water partition coefficient (Wildman–Crippen LogP) is 2.49. The summed E-state index contributed by atoms with van der Waals surface area (Å²) in [6, 6.07) is -0.880. The van der Waals surface area contributed by atoms with Gasteiger partial charge < -0.3 is 34.9 Å². The largest absolute Gasteiger partial charge is 0.379 e. The molecule has 3 N–H and O–H groups in total. The first-order valence-electron chi connectivity index (χ1n) is 18.0. The van der Waals surface area contributed by atoms with E-state index in [0.29, 0.717) is 25.3 Å². The number of rotatable bonds is 18. The van der Waals surface area contributed by atoms with Crippen LogP contribution in [0.1, 0.15) is 78.6 Å². The Morgan fingerprint density at radius 3 is 2.38 bits per heavy atom. The van der Waals surface area contributed by atoms with Gasteiger partial charge in [-0.3, -0.25) is 28.9 Å². The van der Waals surface area contributed by atoms with Crippen LogP contribution >= 0.6 is 0 Å². The molecule has 0 aromatic heterocycles. The average molecular weight is 701 g/mol. The van der Waals surface area contributed by atoms with Gasteiger partial charge in [-0.2, -0.15) is 0 Å². The minimum Gasteiger partial charge on any atom is -0.379 e. The number of ether oxygens (including phenoxy) is 4. The third kappa shape index (κ3) is 11.1. The lowest BCUT2D eigenvalue weighted by Crippen LogP contribution is -2.52. The number of imide groups is 1. The Labute approximate surface area is 295 Å². The van der Waals surface area contributed by atoms with E-state index in [4.69, 9.17) is 18.9 Å². The van der Waals surface area contributed by atoms with Crippen LogP contribution in [0.4, 0.5) is 0 Å². The van der Waals surface area contributed by atoms with E-state index in [-0.39, 0.29) is 68.0 Å². The van der Waals surface area contributed by atoms with Gasteiger partial charge in [0.1, 0.15) is 6.04 Å². The van der Waals surface area contributed by atoms with Gasteiger partial charge >= 0.3 is 0 Å².